The van der Waals surface area contributed by atoms with Gasteiger partial charge < -0.3 is 14.8 Å². The van der Waals surface area contributed by atoms with Gasteiger partial charge in [-0.1, -0.05) is 6.07 Å². The first-order valence-corrected chi connectivity index (χ1v) is 7.55. The second-order valence-corrected chi connectivity index (χ2v) is 5.55. The lowest BCUT2D eigenvalue weighted by molar-refractivity contribution is 0.171. The van der Waals surface area contributed by atoms with Gasteiger partial charge in [-0.3, -0.25) is 4.68 Å². The van der Waals surface area contributed by atoms with Gasteiger partial charge >= 0.3 is 0 Å². The van der Waals surface area contributed by atoms with Crippen molar-refractivity contribution in [3.8, 4) is 22.6 Å². The van der Waals surface area contributed by atoms with E-state index in [1.54, 1.807) is 0 Å². The van der Waals surface area contributed by atoms with Gasteiger partial charge in [-0.15, -0.1) is 0 Å². The van der Waals surface area contributed by atoms with Crippen molar-refractivity contribution in [2.75, 3.05) is 26.3 Å². The highest BCUT2D eigenvalue weighted by molar-refractivity contribution is 5.66. The lowest BCUT2D eigenvalue weighted by atomic mass is 10.1. The fraction of sp³-hybridized carbons (Fsp3) is 0.438. The molecule has 2 aromatic rings. The number of rotatable bonds is 2. The van der Waals surface area contributed by atoms with Crippen molar-refractivity contribution in [3.63, 3.8) is 0 Å². The molecule has 0 atom stereocenters. The number of fused-ring (bicyclic) bond motifs is 1. The first-order chi connectivity index (χ1) is 10.4. The van der Waals surface area contributed by atoms with Gasteiger partial charge in [0.25, 0.3) is 0 Å². The summed E-state index contributed by atoms with van der Waals surface area (Å²) in [6, 6.07) is 6.60. The molecule has 2 aliphatic rings. The first-order valence-electron chi connectivity index (χ1n) is 7.55. The van der Waals surface area contributed by atoms with Crippen molar-refractivity contribution in [1.29, 1.82) is 0 Å². The van der Waals surface area contributed by atoms with Crippen LogP contribution in [-0.2, 0) is 0 Å². The minimum absolute atomic E-state index is 0.511. The molecule has 0 unspecified atom stereocenters. The number of ether oxygens (including phenoxy) is 2. The number of hydrogen-bond donors (Lipinski definition) is 1. The summed E-state index contributed by atoms with van der Waals surface area (Å²) in [5.41, 5.74) is 2.25. The Hall–Kier alpha value is -2.01. The number of nitrogens with one attached hydrogen (secondary N) is 1. The molecule has 1 N–H and O–H groups in total. The highest BCUT2D eigenvalue weighted by Gasteiger charge is 2.17. The molecule has 5 heteroatoms. The zero-order chi connectivity index (χ0) is 14.1. The Morgan fingerprint density at radius 3 is 2.71 bits per heavy atom. The lowest BCUT2D eigenvalue weighted by Crippen LogP contribution is -2.29. The smallest absolute Gasteiger partial charge is 0.161 e. The molecule has 1 saturated heterocycles. The molecule has 0 bridgehead atoms. The van der Waals surface area contributed by atoms with E-state index in [9.17, 15) is 0 Å². The van der Waals surface area contributed by atoms with E-state index in [4.69, 9.17) is 9.47 Å². The van der Waals surface area contributed by atoms with Crippen LogP contribution in [-0.4, -0.2) is 36.1 Å². The number of hydrogen-bond acceptors (Lipinski definition) is 4. The van der Waals surface area contributed by atoms with Gasteiger partial charge in [-0.2, -0.15) is 5.10 Å². The molecular weight excluding hydrogens is 266 g/mol. The van der Waals surface area contributed by atoms with Crippen LogP contribution < -0.4 is 14.8 Å². The molecule has 0 saturated carbocycles. The molecule has 0 amide bonds. The molecule has 110 valence electrons. The average Bonchev–Trinajstić information content (AvgIpc) is 3.05. The van der Waals surface area contributed by atoms with E-state index in [0.717, 1.165) is 48.6 Å². The van der Waals surface area contributed by atoms with E-state index in [-0.39, 0.29) is 0 Å². The van der Waals surface area contributed by atoms with E-state index in [1.807, 2.05) is 18.3 Å². The summed E-state index contributed by atoms with van der Waals surface area (Å²) < 4.78 is 13.3. The summed E-state index contributed by atoms with van der Waals surface area (Å²) in [4.78, 5) is 0. The van der Waals surface area contributed by atoms with Crippen LogP contribution in [0.1, 0.15) is 18.9 Å². The maximum absolute atomic E-state index is 5.65. The third-order valence-corrected chi connectivity index (χ3v) is 4.16. The average molecular weight is 285 g/mol. The molecule has 1 fully saturated rings. The second kappa shape index (κ2) is 5.41. The van der Waals surface area contributed by atoms with Crippen LogP contribution in [0.4, 0.5) is 0 Å². The summed E-state index contributed by atoms with van der Waals surface area (Å²) >= 11 is 0. The number of nitrogens with zero attached hydrogens (tertiary/aromatic N) is 2. The van der Waals surface area contributed by atoms with Crippen LogP contribution in [0.2, 0.25) is 0 Å². The number of piperidine rings is 1. The largest absolute Gasteiger partial charge is 0.486 e. The highest BCUT2D eigenvalue weighted by Crippen LogP contribution is 2.34. The van der Waals surface area contributed by atoms with E-state index in [0.29, 0.717) is 19.3 Å². The molecule has 3 heterocycles. The Bertz CT molecular complexity index is 632. The molecule has 2 aliphatic heterocycles. The standard InChI is InChI=1S/C16H19N3O2/c1-2-15-16(21-8-7-20-15)9-12(1)13-10-18-19(11-13)14-3-5-17-6-4-14/h1-2,9-11,14,17H,3-8H2. The SMILES string of the molecule is c1cc2c(cc1-c1cnn(C3CCNCC3)c1)OCCO2. The predicted octanol–water partition coefficient (Wildman–Crippen LogP) is 2.25. The van der Waals surface area contributed by atoms with Gasteiger partial charge in [-0.25, -0.2) is 0 Å². The quantitative estimate of drug-likeness (QED) is 0.919. The molecule has 21 heavy (non-hydrogen) atoms. The zero-order valence-electron chi connectivity index (χ0n) is 11.9. The molecular formula is C16H19N3O2. The van der Waals surface area contributed by atoms with E-state index in [1.165, 1.54) is 0 Å². The summed E-state index contributed by atoms with van der Waals surface area (Å²) in [5, 5.41) is 7.93. The predicted molar refractivity (Wildman–Crippen MR) is 79.8 cm³/mol. The van der Waals surface area contributed by atoms with Gasteiger partial charge in [0.2, 0.25) is 0 Å². The topological polar surface area (TPSA) is 48.3 Å². The van der Waals surface area contributed by atoms with Crippen molar-refractivity contribution >= 4 is 0 Å². The first kappa shape index (κ1) is 12.7. The van der Waals surface area contributed by atoms with Crippen molar-refractivity contribution in [2.24, 2.45) is 0 Å². The Morgan fingerprint density at radius 2 is 1.86 bits per heavy atom. The second-order valence-electron chi connectivity index (χ2n) is 5.55. The monoisotopic (exact) mass is 285 g/mol. The molecule has 5 nitrogen and oxygen atoms in total. The third-order valence-electron chi connectivity index (χ3n) is 4.16. The number of benzene rings is 1. The van der Waals surface area contributed by atoms with Gasteiger partial charge in [0, 0.05) is 11.8 Å². The lowest BCUT2D eigenvalue weighted by Gasteiger charge is -2.22. The zero-order valence-corrected chi connectivity index (χ0v) is 11.9. The van der Waals surface area contributed by atoms with Gasteiger partial charge in [0.05, 0.1) is 12.2 Å². The fourth-order valence-corrected chi connectivity index (χ4v) is 2.98. The minimum atomic E-state index is 0.511. The van der Waals surface area contributed by atoms with E-state index >= 15 is 0 Å². The van der Waals surface area contributed by atoms with Crippen LogP contribution in [0, 0.1) is 0 Å². The molecule has 0 aliphatic carbocycles. The van der Waals surface area contributed by atoms with Crippen molar-refractivity contribution in [3.05, 3.63) is 30.6 Å². The minimum Gasteiger partial charge on any atom is -0.486 e. The maximum atomic E-state index is 5.65. The van der Waals surface area contributed by atoms with Crippen molar-refractivity contribution < 1.29 is 9.47 Å². The third kappa shape index (κ3) is 2.49. The van der Waals surface area contributed by atoms with E-state index in [2.05, 4.69) is 27.4 Å². The Balaban J connectivity index is 1.60. The van der Waals surface area contributed by atoms with Crippen LogP contribution in [0.5, 0.6) is 11.5 Å². The molecule has 1 aromatic heterocycles. The van der Waals surface area contributed by atoms with Crippen LogP contribution >= 0.6 is 0 Å². The van der Waals surface area contributed by atoms with Crippen LogP contribution in [0.15, 0.2) is 30.6 Å². The summed E-state index contributed by atoms with van der Waals surface area (Å²) in [7, 11) is 0. The van der Waals surface area contributed by atoms with Crippen LogP contribution in [0.3, 0.4) is 0 Å². The highest BCUT2D eigenvalue weighted by atomic mass is 16.6. The van der Waals surface area contributed by atoms with Crippen molar-refractivity contribution in [1.82, 2.24) is 15.1 Å². The summed E-state index contributed by atoms with van der Waals surface area (Å²) in [6.45, 7) is 3.39. The van der Waals surface area contributed by atoms with E-state index < -0.39 is 0 Å². The Labute approximate surface area is 123 Å². The maximum Gasteiger partial charge on any atom is 0.161 e. The fourth-order valence-electron chi connectivity index (χ4n) is 2.98. The van der Waals surface area contributed by atoms with Gasteiger partial charge in [0.1, 0.15) is 13.2 Å². The number of aromatic nitrogens is 2. The Morgan fingerprint density at radius 1 is 1.05 bits per heavy atom. The van der Waals surface area contributed by atoms with Gasteiger partial charge in [0.15, 0.2) is 11.5 Å². The van der Waals surface area contributed by atoms with Crippen LogP contribution in [0.25, 0.3) is 11.1 Å². The normalized spacial score (nSPS) is 18.7. The Kier molecular flexibility index (Phi) is 3.27. The molecule has 4 rings (SSSR count). The molecule has 0 radical (unpaired) electrons. The van der Waals surface area contributed by atoms with Gasteiger partial charge in [-0.05, 0) is 43.6 Å². The summed E-state index contributed by atoms with van der Waals surface area (Å²) in [5.74, 6) is 1.66. The van der Waals surface area contributed by atoms with Crippen molar-refractivity contribution in [2.45, 2.75) is 18.9 Å². The molecule has 1 aromatic carbocycles. The summed E-state index contributed by atoms with van der Waals surface area (Å²) in [6.07, 6.45) is 6.36. The molecule has 0 spiro atoms.